The van der Waals surface area contributed by atoms with Crippen LogP contribution in [0, 0.1) is 5.92 Å². The molecule has 0 fully saturated rings. The zero-order valence-electron chi connectivity index (χ0n) is 13.7. The van der Waals surface area contributed by atoms with Crippen molar-refractivity contribution in [2.45, 2.75) is 39.8 Å². The van der Waals surface area contributed by atoms with Gasteiger partial charge in [-0.1, -0.05) is 31.9 Å². The van der Waals surface area contributed by atoms with Crippen molar-refractivity contribution in [3.63, 3.8) is 0 Å². The van der Waals surface area contributed by atoms with Crippen molar-refractivity contribution >= 4 is 17.6 Å². The molecule has 2 unspecified atom stereocenters. The molecule has 1 aromatic carbocycles. The van der Waals surface area contributed by atoms with Crippen LogP contribution in [0.25, 0.3) is 5.69 Å². The molecule has 1 heterocycles. The molecule has 0 aliphatic heterocycles. The van der Waals surface area contributed by atoms with E-state index < -0.39 is 0 Å². The molecule has 0 saturated heterocycles. The first-order chi connectivity index (χ1) is 11.0. The van der Waals surface area contributed by atoms with Gasteiger partial charge in [0, 0.05) is 29.4 Å². The van der Waals surface area contributed by atoms with Crippen molar-refractivity contribution in [2.24, 2.45) is 5.92 Å². The SMILES string of the molecule is CCC(C)C(C)NC(=O)NCc1cnn(-c2ccc(Cl)cc2)c1. The number of carbonyl (C=O) groups excluding carboxylic acids is 1. The average molecular weight is 335 g/mol. The Bertz CT molecular complexity index is 638. The van der Waals surface area contributed by atoms with Crippen LogP contribution in [0.5, 0.6) is 0 Å². The third-order valence-corrected chi connectivity index (χ3v) is 4.29. The van der Waals surface area contributed by atoms with Gasteiger partial charge in [-0.05, 0) is 37.1 Å². The number of carbonyl (C=O) groups is 1. The van der Waals surface area contributed by atoms with Crippen LogP contribution >= 0.6 is 11.6 Å². The Morgan fingerprint density at radius 2 is 2.00 bits per heavy atom. The fourth-order valence-corrected chi connectivity index (χ4v) is 2.25. The summed E-state index contributed by atoms with van der Waals surface area (Å²) in [6.07, 6.45) is 4.67. The van der Waals surface area contributed by atoms with E-state index in [1.807, 2.05) is 37.4 Å². The molecule has 0 bridgehead atoms. The number of rotatable bonds is 6. The minimum absolute atomic E-state index is 0.150. The Balaban J connectivity index is 1.87. The lowest BCUT2D eigenvalue weighted by Gasteiger charge is -2.19. The highest BCUT2D eigenvalue weighted by Gasteiger charge is 2.12. The number of halogens is 1. The number of hydrogen-bond acceptors (Lipinski definition) is 2. The van der Waals surface area contributed by atoms with Gasteiger partial charge < -0.3 is 10.6 Å². The summed E-state index contributed by atoms with van der Waals surface area (Å²) in [4.78, 5) is 11.9. The van der Waals surface area contributed by atoms with Crippen LogP contribution in [0.2, 0.25) is 5.02 Å². The zero-order chi connectivity index (χ0) is 16.8. The van der Waals surface area contributed by atoms with Crippen molar-refractivity contribution < 1.29 is 4.79 Å². The van der Waals surface area contributed by atoms with Gasteiger partial charge in [-0.25, -0.2) is 9.48 Å². The number of aromatic nitrogens is 2. The Morgan fingerprint density at radius 1 is 1.30 bits per heavy atom. The van der Waals surface area contributed by atoms with Crippen LogP contribution in [0.1, 0.15) is 32.8 Å². The average Bonchev–Trinajstić information content (AvgIpc) is 3.01. The van der Waals surface area contributed by atoms with E-state index in [1.165, 1.54) is 0 Å². The van der Waals surface area contributed by atoms with Gasteiger partial charge in [-0.15, -0.1) is 0 Å². The van der Waals surface area contributed by atoms with Crippen molar-refractivity contribution in [3.8, 4) is 5.69 Å². The first-order valence-corrected chi connectivity index (χ1v) is 8.21. The molecule has 0 saturated carbocycles. The summed E-state index contributed by atoms with van der Waals surface area (Å²) in [5.74, 6) is 0.452. The summed E-state index contributed by atoms with van der Waals surface area (Å²) in [5, 5.41) is 10.8. The molecular formula is C17H23ClN4O. The molecule has 2 aromatic rings. The van der Waals surface area contributed by atoms with Gasteiger partial charge in [0.05, 0.1) is 11.9 Å². The third-order valence-electron chi connectivity index (χ3n) is 4.04. The van der Waals surface area contributed by atoms with Crippen LogP contribution in [-0.2, 0) is 6.54 Å². The number of hydrogen-bond donors (Lipinski definition) is 2. The van der Waals surface area contributed by atoms with Gasteiger partial charge in [0.1, 0.15) is 0 Å². The van der Waals surface area contributed by atoms with Crippen molar-refractivity contribution in [1.29, 1.82) is 0 Å². The lowest BCUT2D eigenvalue weighted by Crippen LogP contribution is -2.43. The number of nitrogens with one attached hydrogen (secondary N) is 2. The molecule has 5 nitrogen and oxygen atoms in total. The summed E-state index contributed by atoms with van der Waals surface area (Å²) in [7, 11) is 0. The van der Waals surface area contributed by atoms with Crippen molar-refractivity contribution in [3.05, 3.63) is 47.2 Å². The summed E-state index contributed by atoms with van der Waals surface area (Å²) in [6, 6.07) is 7.43. The minimum atomic E-state index is -0.156. The molecule has 0 spiro atoms. The fourth-order valence-electron chi connectivity index (χ4n) is 2.12. The molecule has 0 aliphatic carbocycles. The van der Waals surface area contributed by atoms with Crippen LogP contribution in [0.15, 0.2) is 36.7 Å². The van der Waals surface area contributed by atoms with E-state index in [2.05, 4.69) is 29.6 Å². The van der Waals surface area contributed by atoms with Gasteiger partial charge >= 0.3 is 6.03 Å². The van der Waals surface area contributed by atoms with E-state index in [0.29, 0.717) is 17.5 Å². The normalized spacial score (nSPS) is 13.4. The second-order valence-corrected chi connectivity index (χ2v) is 6.21. The lowest BCUT2D eigenvalue weighted by atomic mass is 10.0. The summed E-state index contributed by atoms with van der Waals surface area (Å²) in [6.45, 7) is 6.70. The maximum absolute atomic E-state index is 11.9. The number of nitrogens with zero attached hydrogens (tertiary/aromatic N) is 2. The van der Waals surface area contributed by atoms with Crippen LogP contribution in [-0.4, -0.2) is 21.9 Å². The van der Waals surface area contributed by atoms with E-state index in [1.54, 1.807) is 10.9 Å². The monoisotopic (exact) mass is 334 g/mol. The smallest absolute Gasteiger partial charge is 0.315 e. The fraction of sp³-hybridized carbons (Fsp3) is 0.412. The summed E-state index contributed by atoms with van der Waals surface area (Å²) in [5.41, 5.74) is 1.86. The van der Waals surface area contributed by atoms with E-state index in [-0.39, 0.29) is 12.1 Å². The topological polar surface area (TPSA) is 59.0 Å². The first-order valence-electron chi connectivity index (χ1n) is 7.83. The van der Waals surface area contributed by atoms with Gasteiger partial charge in [-0.3, -0.25) is 0 Å². The minimum Gasteiger partial charge on any atom is -0.335 e. The number of benzene rings is 1. The third kappa shape index (κ3) is 4.99. The molecule has 0 aliphatic rings. The Morgan fingerprint density at radius 3 is 2.65 bits per heavy atom. The molecule has 1 aromatic heterocycles. The van der Waals surface area contributed by atoms with Crippen LogP contribution in [0.3, 0.4) is 0 Å². The van der Waals surface area contributed by atoms with Crippen molar-refractivity contribution in [2.75, 3.05) is 0 Å². The highest BCUT2D eigenvalue weighted by atomic mass is 35.5. The maximum Gasteiger partial charge on any atom is 0.315 e. The molecule has 2 amide bonds. The van der Waals surface area contributed by atoms with Gasteiger partial charge in [0.15, 0.2) is 0 Å². The molecule has 23 heavy (non-hydrogen) atoms. The zero-order valence-corrected chi connectivity index (χ0v) is 14.5. The van der Waals surface area contributed by atoms with Gasteiger partial charge in [0.25, 0.3) is 0 Å². The summed E-state index contributed by atoms with van der Waals surface area (Å²) >= 11 is 5.88. The van der Waals surface area contributed by atoms with Crippen molar-refractivity contribution in [1.82, 2.24) is 20.4 Å². The Hall–Kier alpha value is -2.01. The van der Waals surface area contributed by atoms with Crippen LogP contribution in [0.4, 0.5) is 4.79 Å². The predicted molar refractivity (Wildman–Crippen MR) is 92.9 cm³/mol. The second-order valence-electron chi connectivity index (χ2n) is 5.77. The largest absolute Gasteiger partial charge is 0.335 e. The summed E-state index contributed by atoms with van der Waals surface area (Å²) < 4.78 is 1.76. The van der Waals surface area contributed by atoms with E-state index in [0.717, 1.165) is 17.7 Å². The van der Waals surface area contributed by atoms with E-state index >= 15 is 0 Å². The molecule has 2 rings (SSSR count). The molecule has 0 radical (unpaired) electrons. The van der Waals surface area contributed by atoms with Gasteiger partial charge in [0.2, 0.25) is 0 Å². The predicted octanol–water partition coefficient (Wildman–Crippen LogP) is 3.76. The maximum atomic E-state index is 11.9. The number of amides is 2. The highest BCUT2D eigenvalue weighted by molar-refractivity contribution is 6.30. The highest BCUT2D eigenvalue weighted by Crippen LogP contribution is 2.13. The molecule has 2 N–H and O–H groups in total. The van der Waals surface area contributed by atoms with Crippen LogP contribution < -0.4 is 10.6 Å². The Labute approximate surface area is 142 Å². The second kappa shape index (κ2) is 8.02. The van der Waals surface area contributed by atoms with E-state index in [4.69, 9.17) is 11.6 Å². The Kier molecular flexibility index (Phi) is 6.04. The van der Waals surface area contributed by atoms with Gasteiger partial charge in [-0.2, -0.15) is 5.10 Å². The lowest BCUT2D eigenvalue weighted by molar-refractivity contribution is 0.233. The molecular weight excluding hydrogens is 312 g/mol. The molecule has 6 heteroatoms. The molecule has 124 valence electrons. The quantitative estimate of drug-likeness (QED) is 0.845. The van der Waals surface area contributed by atoms with E-state index in [9.17, 15) is 4.79 Å². The number of urea groups is 1. The molecule has 2 atom stereocenters. The first kappa shape index (κ1) is 17.3. The standard InChI is InChI=1S/C17H23ClN4O/c1-4-12(2)13(3)21-17(23)19-9-14-10-20-22(11-14)16-7-5-15(18)6-8-16/h5-8,10-13H,4,9H2,1-3H3,(H2,19,21,23).